The van der Waals surface area contributed by atoms with E-state index in [2.05, 4.69) is 21.9 Å². The highest BCUT2D eigenvalue weighted by molar-refractivity contribution is 5.67. The van der Waals surface area contributed by atoms with Gasteiger partial charge < -0.3 is 10.2 Å². The summed E-state index contributed by atoms with van der Waals surface area (Å²) in [4.78, 5) is 9.43. The molecule has 0 bridgehead atoms. The molecule has 2 heterocycles. The summed E-state index contributed by atoms with van der Waals surface area (Å²) < 4.78 is 82.0. The first-order chi connectivity index (χ1) is 15.0. The van der Waals surface area contributed by atoms with Gasteiger partial charge in [0.2, 0.25) is 0 Å². The fraction of sp³-hybridized carbons (Fsp3) is 0.364. The van der Waals surface area contributed by atoms with E-state index < -0.39 is 35.6 Å². The second kappa shape index (κ2) is 7.53. The molecule has 1 saturated carbocycles. The zero-order chi connectivity index (χ0) is 23.4. The number of hydrogen-bond donors (Lipinski definition) is 1. The Kier molecular flexibility index (Phi) is 5.21. The van der Waals surface area contributed by atoms with Gasteiger partial charge in [0.25, 0.3) is 6.43 Å². The molecule has 170 valence electrons. The zero-order valence-corrected chi connectivity index (χ0v) is 17.3. The number of nitrogens with zero attached hydrogens (tertiary/aromatic N) is 3. The van der Waals surface area contributed by atoms with Crippen molar-refractivity contribution in [3.8, 4) is 0 Å². The van der Waals surface area contributed by atoms with Crippen molar-refractivity contribution in [3.63, 3.8) is 0 Å². The summed E-state index contributed by atoms with van der Waals surface area (Å²) >= 11 is 0. The first kappa shape index (κ1) is 22.2. The molecule has 0 unspecified atom stereocenters. The minimum Gasteiger partial charge on any atom is -0.363 e. The molecular formula is C22H20F6N4. The molecular weight excluding hydrogens is 434 g/mol. The highest BCUT2D eigenvalue weighted by Gasteiger charge is 2.67. The monoisotopic (exact) mass is 454 g/mol. The summed E-state index contributed by atoms with van der Waals surface area (Å²) in [5.41, 5.74) is -2.11. The summed E-state index contributed by atoms with van der Waals surface area (Å²) in [6, 6.07) is 2.90. The van der Waals surface area contributed by atoms with E-state index in [1.807, 2.05) is 0 Å². The number of halogens is 6. The van der Waals surface area contributed by atoms with E-state index >= 15 is 0 Å². The lowest BCUT2D eigenvalue weighted by Gasteiger charge is -2.36. The van der Waals surface area contributed by atoms with E-state index in [1.165, 1.54) is 24.7 Å². The SMILES string of the molecule is C=C1C(C)=c2ncnc(N[C@H](C)c3cccc(C(F)F)c3F)c2=CN1C1(C(F)(F)F)CC1. The van der Waals surface area contributed by atoms with Gasteiger partial charge in [-0.25, -0.2) is 23.1 Å². The summed E-state index contributed by atoms with van der Waals surface area (Å²) in [6.07, 6.45) is -5.01. The van der Waals surface area contributed by atoms with Crippen LogP contribution >= 0.6 is 0 Å². The second-order valence-corrected chi connectivity index (χ2v) is 8.00. The summed E-state index contributed by atoms with van der Waals surface area (Å²) in [7, 11) is 0. The number of aromatic nitrogens is 2. The molecule has 0 saturated heterocycles. The van der Waals surface area contributed by atoms with Gasteiger partial charge in [0, 0.05) is 17.5 Å². The van der Waals surface area contributed by atoms with Gasteiger partial charge in [-0.15, -0.1) is 0 Å². The second-order valence-electron chi connectivity index (χ2n) is 8.00. The Morgan fingerprint density at radius 3 is 2.41 bits per heavy atom. The first-order valence-corrected chi connectivity index (χ1v) is 9.90. The molecule has 0 spiro atoms. The van der Waals surface area contributed by atoms with Crippen LogP contribution in [0, 0.1) is 5.82 Å². The van der Waals surface area contributed by atoms with Crippen molar-refractivity contribution in [2.45, 2.75) is 50.9 Å². The zero-order valence-electron chi connectivity index (χ0n) is 17.3. The summed E-state index contributed by atoms with van der Waals surface area (Å²) in [5, 5.41) is 3.64. The van der Waals surface area contributed by atoms with Crippen molar-refractivity contribution >= 4 is 17.6 Å². The fourth-order valence-electron chi connectivity index (χ4n) is 3.97. The number of hydrogen-bond acceptors (Lipinski definition) is 4. The number of anilines is 1. The quantitative estimate of drug-likeness (QED) is 0.673. The standard InChI is InChI=1S/C22H20F6N4/c1-11-13(3)32(21(7-8-21)22(26,27)28)9-16-18(11)29-10-30-20(16)31-12(2)14-5-4-6-15(17(14)23)19(24)25/h4-6,9-10,12,19H,3,7-8H2,1-2H3,(H,29,30,31)/t12-/m1/s1. The summed E-state index contributed by atoms with van der Waals surface area (Å²) in [6.45, 7) is 7.00. The Bertz CT molecular complexity index is 1200. The molecule has 0 amide bonds. The van der Waals surface area contributed by atoms with E-state index in [4.69, 9.17) is 0 Å². The van der Waals surface area contributed by atoms with Crippen molar-refractivity contribution in [2.75, 3.05) is 5.32 Å². The smallest absolute Gasteiger partial charge is 0.363 e. The number of rotatable bonds is 5. The van der Waals surface area contributed by atoms with E-state index in [-0.39, 0.29) is 29.9 Å². The maximum atomic E-state index is 14.6. The number of benzene rings is 1. The maximum absolute atomic E-state index is 14.6. The van der Waals surface area contributed by atoms with Crippen LogP contribution in [-0.4, -0.2) is 26.6 Å². The molecule has 4 rings (SSSR count). The van der Waals surface area contributed by atoms with Crippen LogP contribution in [-0.2, 0) is 0 Å². The summed E-state index contributed by atoms with van der Waals surface area (Å²) in [5.74, 6) is -0.875. The highest BCUT2D eigenvalue weighted by Crippen LogP contribution is 2.55. The molecule has 1 atom stereocenters. The average molecular weight is 454 g/mol. The molecule has 1 aliphatic carbocycles. The Balaban J connectivity index is 1.78. The predicted molar refractivity (Wildman–Crippen MR) is 107 cm³/mol. The van der Waals surface area contributed by atoms with Crippen LogP contribution < -0.4 is 15.9 Å². The van der Waals surface area contributed by atoms with Crippen LogP contribution in [0.25, 0.3) is 11.8 Å². The largest absolute Gasteiger partial charge is 0.411 e. The molecule has 2 aliphatic rings. The minimum absolute atomic E-state index is 0.0121. The van der Waals surface area contributed by atoms with Gasteiger partial charge in [0.15, 0.2) is 0 Å². The van der Waals surface area contributed by atoms with E-state index in [9.17, 15) is 26.3 Å². The van der Waals surface area contributed by atoms with Crippen molar-refractivity contribution in [2.24, 2.45) is 0 Å². The van der Waals surface area contributed by atoms with E-state index in [1.54, 1.807) is 13.8 Å². The fourth-order valence-corrected chi connectivity index (χ4v) is 3.97. The predicted octanol–water partition coefficient (Wildman–Crippen LogP) is 4.56. The number of fused-ring (bicyclic) bond motifs is 1. The molecule has 1 N–H and O–H groups in total. The molecule has 2 aromatic rings. The lowest BCUT2D eigenvalue weighted by Crippen LogP contribution is -2.50. The molecule has 1 aliphatic heterocycles. The van der Waals surface area contributed by atoms with Crippen LogP contribution in [0.5, 0.6) is 0 Å². The highest BCUT2D eigenvalue weighted by atomic mass is 19.4. The molecule has 1 aromatic carbocycles. The van der Waals surface area contributed by atoms with Gasteiger partial charge in [0.1, 0.15) is 23.5 Å². The van der Waals surface area contributed by atoms with Crippen LogP contribution in [0.15, 0.2) is 36.8 Å². The van der Waals surface area contributed by atoms with Crippen molar-refractivity contribution in [1.82, 2.24) is 14.9 Å². The van der Waals surface area contributed by atoms with Gasteiger partial charge >= 0.3 is 6.18 Å². The molecule has 32 heavy (non-hydrogen) atoms. The molecule has 4 nitrogen and oxygen atoms in total. The van der Waals surface area contributed by atoms with Crippen LogP contribution in [0.4, 0.5) is 32.2 Å². The van der Waals surface area contributed by atoms with Crippen LogP contribution in [0.1, 0.15) is 50.3 Å². The Morgan fingerprint density at radius 2 is 1.81 bits per heavy atom. The van der Waals surface area contributed by atoms with Crippen LogP contribution in [0.2, 0.25) is 0 Å². The topological polar surface area (TPSA) is 41.1 Å². The molecule has 0 radical (unpaired) electrons. The van der Waals surface area contributed by atoms with Crippen molar-refractivity contribution in [1.29, 1.82) is 0 Å². The number of nitrogens with one attached hydrogen (secondary N) is 1. The van der Waals surface area contributed by atoms with Gasteiger partial charge in [-0.2, -0.15) is 13.2 Å². The third-order valence-corrected chi connectivity index (χ3v) is 6.05. The van der Waals surface area contributed by atoms with E-state index in [0.717, 1.165) is 11.0 Å². The van der Waals surface area contributed by atoms with Gasteiger partial charge in [-0.1, -0.05) is 24.8 Å². The Morgan fingerprint density at radius 1 is 1.16 bits per heavy atom. The first-order valence-electron chi connectivity index (χ1n) is 9.90. The Labute approximate surface area is 180 Å². The van der Waals surface area contributed by atoms with Gasteiger partial charge in [-0.3, -0.25) is 0 Å². The minimum atomic E-state index is -4.46. The van der Waals surface area contributed by atoms with E-state index in [0.29, 0.717) is 16.1 Å². The molecule has 10 heteroatoms. The van der Waals surface area contributed by atoms with Gasteiger partial charge in [-0.05, 0) is 32.3 Å². The van der Waals surface area contributed by atoms with Crippen LogP contribution in [0.3, 0.4) is 0 Å². The maximum Gasteiger partial charge on any atom is 0.411 e. The molecule has 1 aromatic heterocycles. The average Bonchev–Trinajstić information content (AvgIpc) is 3.53. The number of allylic oxidation sites excluding steroid dienone is 1. The number of alkyl halides is 5. The molecule has 1 fully saturated rings. The third-order valence-electron chi connectivity index (χ3n) is 6.05. The third kappa shape index (κ3) is 3.41. The van der Waals surface area contributed by atoms with Crippen molar-refractivity contribution < 1.29 is 26.3 Å². The van der Waals surface area contributed by atoms with Gasteiger partial charge in [0.05, 0.1) is 22.2 Å². The Hall–Kier alpha value is -3.04. The lowest BCUT2D eigenvalue weighted by atomic mass is 10.0. The normalized spacial score (nSPS) is 18.3. The lowest BCUT2D eigenvalue weighted by molar-refractivity contribution is -0.181. The van der Waals surface area contributed by atoms with Crippen molar-refractivity contribution in [3.05, 3.63) is 64.3 Å².